The van der Waals surface area contributed by atoms with Crippen LogP contribution in [0, 0.1) is 12.3 Å². The van der Waals surface area contributed by atoms with E-state index in [0.29, 0.717) is 0 Å². The summed E-state index contributed by atoms with van der Waals surface area (Å²) >= 11 is 0. The van der Waals surface area contributed by atoms with E-state index in [-0.39, 0.29) is 16.6 Å². The molecule has 33 heavy (non-hydrogen) atoms. The van der Waals surface area contributed by atoms with E-state index in [1.807, 2.05) is 42.6 Å². The average Bonchev–Trinajstić information content (AvgIpc) is 2.80. The van der Waals surface area contributed by atoms with Gasteiger partial charge < -0.3 is 0 Å². The first-order valence-electron chi connectivity index (χ1n) is 12.0. The van der Waals surface area contributed by atoms with Crippen molar-refractivity contribution in [3.63, 3.8) is 0 Å². The second kappa shape index (κ2) is 9.63. The molecule has 0 aliphatic rings. The molecule has 0 aliphatic heterocycles. The van der Waals surface area contributed by atoms with Crippen LogP contribution in [-0.4, -0.2) is 10.8 Å². The highest BCUT2D eigenvalue weighted by atomic mass is 16.1. The second-order valence-corrected chi connectivity index (χ2v) is 11.3. The standard InChI is InChI=1S/C31H39NO/c1-23-25(22-31(6,7)28(33)24-14-9-8-10-15-24)16-13-17-26(23)29(2,3)19-20-30(4,5)27-18-11-12-21-32-27/h8-18,21H,19-20,22H2,1-7H3. The van der Waals surface area contributed by atoms with Gasteiger partial charge >= 0.3 is 0 Å². The summed E-state index contributed by atoms with van der Waals surface area (Å²) in [6, 6.07) is 22.4. The number of aromatic nitrogens is 1. The summed E-state index contributed by atoms with van der Waals surface area (Å²) in [5.74, 6) is 0.198. The third-order valence-electron chi connectivity index (χ3n) is 7.19. The highest BCUT2D eigenvalue weighted by Gasteiger charge is 2.32. The Labute approximate surface area is 200 Å². The number of hydrogen-bond acceptors (Lipinski definition) is 2. The van der Waals surface area contributed by atoms with Gasteiger partial charge in [0.25, 0.3) is 0 Å². The number of carbonyl (C=O) groups excluding carboxylic acids is 1. The molecular weight excluding hydrogens is 402 g/mol. The number of hydrogen-bond donors (Lipinski definition) is 0. The molecular formula is C31H39NO. The summed E-state index contributed by atoms with van der Waals surface area (Å²) in [5, 5.41) is 0. The van der Waals surface area contributed by atoms with Crippen molar-refractivity contribution >= 4 is 5.78 Å². The highest BCUT2D eigenvalue weighted by molar-refractivity contribution is 6.00. The zero-order valence-electron chi connectivity index (χ0n) is 21.4. The van der Waals surface area contributed by atoms with E-state index in [1.54, 1.807) is 0 Å². The number of nitrogens with zero attached hydrogens (tertiary/aromatic N) is 1. The van der Waals surface area contributed by atoms with E-state index in [2.05, 4.69) is 83.8 Å². The van der Waals surface area contributed by atoms with Gasteiger partial charge in [0.1, 0.15) is 0 Å². The Kier molecular flexibility index (Phi) is 7.26. The first-order valence-corrected chi connectivity index (χ1v) is 12.0. The van der Waals surface area contributed by atoms with E-state index >= 15 is 0 Å². The number of pyridine rings is 1. The maximum Gasteiger partial charge on any atom is 0.168 e. The molecule has 1 heterocycles. The van der Waals surface area contributed by atoms with Gasteiger partial charge in [0, 0.05) is 28.3 Å². The molecule has 2 heteroatoms. The highest BCUT2D eigenvalue weighted by Crippen LogP contribution is 2.38. The lowest BCUT2D eigenvalue weighted by Crippen LogP contribution is -2.28. The molecule has 3 rings (SSSR count). The minimum atomic E-state index is -0.462. The van der Waals surface area contributed by atoms with Crippen molar-refractivity contribution in [3.8, 4) is 0 Å². The fourth-order valence-corrected chi connectivity index (χ4v) is 4.80. The Hall–Kier alpha value is -2.74. The summed E-state index contributed by atoms with van der Waals surface area (Å²) < 4.78 is 0. The fourth-order valence-electron chi connectivity index (χ4n) is 4.80. The molecule has 174 valence electrons. The van der Waals surface area contributed by atoms with Crippen LogP contribution < -0.4 is 0 Å². The van der Waals surface area contributed by atoms with Crippen LogP contribution in [0.2, 0.25) is 0 Å². The molecule has 0 atom stereocenters. The molecule has 0 fully saturated rings. The number of Topliss-reactive ketones (excluding diaryl/α,β-unsaturated/α-hetero) is 1. The van der Waals surface area contributed by atoms with Gasteiger partial charge in [-0.15, -0.1) is 0 Å². The van der Waals surface area contributed by atoms with E-state index < -0.39 is 5.41 Å². The van der Waals surface area contributed by atoms with Crippen molar-refractivity contribution in [2.75, 3.05) is 0 Å². The van der Waals surface area contributed by atoms with Gasteiger partial charge in [0.05, 0.1) is 0 Å². The van der Waals surface area contributed by atoms with Crippen LogP contribution in [0.25, 0.3) is 0 Å². The summed E-state index contributed by atoms with van der Waals surface area (Å²) in [7, 11) is 0. The monoisotopic (exact) mass is 441 g/mol. The van der Waals surface area contributed by atoms with E-state index in [0.717, 1.165) is 30.5 Å². The third kappa shape index (κ3) is 5.79. The minimum absolute atomic E-state index is 0.0220. The van der Waals surface area contributed by atoms with E-state index in [9.17, 15) is 4.79 Å². The molecule has 0 radical (unpaired) electrons. The van der Waals surface area contributed by atoms with Crippen LogP contribution >= 0.6 is 0 Å². The van der Waals surface area contributed by atoms with E-state index in [1.165, 1.54) is 16.7 Å². The maximum atomic E-state index is 13.2. The lowest BCUT2D eigenvalue weighted by atomic mass is 9.71. The van der Waals surface area contributed by atoms with Crippen molar-refractivity contribution in [3.05, 3.63) is 101 Å². The molecule has 0 bridgehead atoms. The summed E-state index contributed by atoms with van der Waals surface area (Å²) in [4.78, 5) is 17.8. The Balaban J connectivity index is 1.80. The van der Waals surface area contributed by atoms with Crippen LogP contribution in [-0.2, 0) is 17.3 Å². The first-order chi connectivity index (χ1) is 15.4. The molecule has 1 aromatic heterocycles. The molecule has 0 spiro atoms. The Bertz CT molecular complexity index is 1080. The molecule has 0 N–H and O–H groups in total. The molecule has 0 amide bonds. The van der Waals surface area contributed by atoms with Gasteiger partial charge in [-0.05, 0) is 60.4 Å². The number of rotatable bonds is 9. The number of benzene rings is 2. The molecule has 0 saturated heterocycles. The van der Waals surface area contributed by atoms with Gasteiger partial charge in [-0.25, -0.2) is 0 Å². The topological polar surface area (TPSA) is 30.0 Å². The normalized spacial score (nSPS) is 12.6. The van der Waals surface area contributed by atoms with Crippen molar-refractivity contribution in [2.45, 2.75) is 78.6 Å². The lowest BCUT2D eigenvalue weighted by molar-refractivity contribution is 0.0837. The zero-order chi connectivity index (χ0) is 24.3. The second-order valence-electron chi connectivity index (χ2n) is 11.3. The summed E-state index contributed by atoms with van der Waals surface area (Å²) in [6.07, 6.45) is 4.73. The van der Waals surface area contributed by atoms with Crippen molar-refractivity contribution in [1.29, 1.82) is 0 Å². The van der Waals surface area contributed by atoms with Crippen LogP contribution in [0.3, 0.4) is 0 Å². The Morgan fingerprint density at radius 3 is 2.03 bits per heavy atom. The lowest BCUT2D eigenvalue weighted by Gasteiger charge is -2.33. The van der Waals surface area contributed by atoms with Gasteiger partial charge in [0.15, 0.2) is 5.78 Å². The molecule has 0 unspecified atom stereocenters. The molecule has 2 nitrogen and oxygen atoms in total. The van der Waals surface area contributed by atoms with Crippen LogP contribution in [0.5, 0.6) is 0 Å². The first kappa shape index (κ1) is 24.9. The molecule has 0 aliphatic carbocycles. The van der Waals surface area contributed by atoms with Crippen LogP contribution in [0.15, 0.2) is 72.9 Å². The molecule has 2 aromatic carbocycles. The summed E-state index contributed by atoms with van der Waals surface area (Å²) in [5.41, 5.74) is 5.47. The predicted molar refractivity (Wildman–Crippen MR) is 139 cm³/mol. The Morgan fingerprint density at radius 1 is 0.758 bits per heavy atom. The number of carbonyl (C=O) groups is 1. The van der Waals surface area contributed by atoms with Gasteiger partial charge in [-0.2, -0.15) is 0 Å². The quantitative estimate of drug-likeness (QED) is 0.316. The minimum Gasteiger partial charge on any atom is -0.294 e. The summed E-state index contributed by atoms with van der Waals surface area (Å²) in [6.45, 7) is 15.6. The van der Waals surface area contributed by atoms with Crippen molar-refractivity contribution < 1.29 is 4.79 Å². The van der Waals surface area contributed by atoms with E-state index in [4.69, 9.17) is 0 Å². The molecule has 3 aromatic rings. The van der Waals surface area contributed by atoms with Gasteiger partial charge in [-0.3, -0.25) is 9.78 Å². The van der Waals surface area contributed by atoms with Crippen molar-refractivity contribution in [1.82, 2.24) is 4.98 Å². The van der Waals surface area contributed by atoms with Crippen molar-refractivity contribution in [2.24, 2.45) is 5.41 Å². The number of ketones is 1. The van der Waals surface area contributed by atoms with Crippen LogP contribution in [0.1, 0.15) is 87.1 Å². The van der Waals surface area contributed by atoms with Crippen LogP contribution in [0.4, 0.5) is 0 Å². The zero-order valence-corrected chi connectivity index (χ0v) is 21.4. The largest absolute Gasteiger partial charge is 0.294 e. The third-order valence-corrected chi connectivity index (χ3v) is 7.19. The average molecular weight is 442 g/mol. The maximum absolute atomic E-state index is 13.2. The fraction of sp³-hybridized carbons (Fsp3) is 0.419. The Morgan fingerprint density at radius 2 is 1.39 bits per heavy atom. The predicted octanol–water partition coefficient (Wildman–Crippen LogP) is 7.88. The van der Waals surface area contributed by atoms with Gasteiger partial charge in [-0.1, -0.05) is 96.1 Å². The SMILES string of the molecule is Cc1c(CC(C)(C)C(=O)c2ccccc2)cccc1C(C)(C)CCC(C)(C)c1ccccn1. The molecule has 0 saturated carbocycles. The smallest absolute Gasteiger partial charge is 0.168 e. The van der Waals surface area contributed by atoms with Gasteiger partial charge in [0.2, 0.25) is 0 Å².